The van der Waals surface area contributed by atoms with Gasteiger partial charge in [0.05, 0.1) is 12.5 Å². The van der Waals surface area contributed by atoms with Gasteiger partial charge >= 0.3 is 5.97 Å². The lowest BCUT2D eigenvalue weighted by Gasteiger charge is -2.32. The van der Waals surface area contributed by atoms with E-state index in [4.69, 9.17) is 10.5 Å². The zero-order chi connectivity index (χ0) is 17.6. The Labute approximate surface area is 147 Å². The summed E-state index contributed by atoms with van der Waals surface area (Å²) in [5, 5.41) is 3.22. The first kappa shape index (κ1) is 17.0. The van der Waals surface area contributed by atoms with E-state index in [1.54, 1.807) is 0 Å². The highest BCUT2D eigenvalue weighted by molar-refractivity contribution is 5.78. The number of carbonyl (C=O) groups excluding carboxylic acids is 1. The summed E-state index contributed by atoms with van der Waals surface area (Å²) in [5.41, 5.74) is 7.71. The number of carbonyl (C=O) groups is 1. The molecule has 1 aromatic heterocycles. The third kappa shape index (κ3) is 3.99. The molecule has 2 aromatic rings. The molecule has 1 aliphatic rings. The smallest absolute Gasteiger partial charge is 0.309 e. The van der Waals surface area contributed by atoms with E-state index < -0.39 is 0 Å². The number of esters is 1. The van der Waals surface area contributed by atoms with Crippen molar-refractivity contribution in [1.82, 2.24) is 9.97 Å². The summed E-state index contributed by atoms with van der Waals surface area (Å²) in [4.78, 5) is 22.6. The molecule has 0 radical (unpaired) electrons. The van der Waals surface area contributed by atoms with Crippen LogP contribution in [0.1, 0.15) is 19.8 Å². The number of nitrogens with zero attached hydrogens (tertiary/aromatic N) is 3. The van der Waals surface area contributed by atoms with E-state index in [0.29, 0.717) is 23.9 Å². The van der Waals surface area contributed by atoms with Crippen LogP contribution in [0.4, 0.5) is 23.0 Å². The predicted molar refractivity (Wildman–Crippen MR) is 97.7 cm³/mol. The van der Waals surface area contributed by atoms with Crippen LogP contribution in [-0.2, 0) is 9.53 Å². The SMILES string of the molecule is CCOC(=O)C1CCN(c2ncnc(Nc3ccccc3)c2N)CC1. The summed E-state index contributed by atoms with van der Waals surface area (Å²) in [6.45, 7) is 3.69. The lowest BCUT2D eigenvalue weighted by Crippen LogP contribution is -2.37. The highest BCUT2D eigenvalue weighted by atomic mass is 16.5. The van der Waals surface area contributed by atoms with Gasteiger partial charge in [0.2, 0.25) is 0 Å². The van der Waals surface area contributed by atoms with Crippen molar-refractivity contribution in [1.29, 1.82) is 0 Å². The number of anilines is 4. The molecule has 25 heavy (non-hydrogen) atoms. The molecule has 0 aliphatic carbocycles. The fourth-order valence-corrected chi connectivity index (χ4v) is 2.98. The molecule has 0 bridgehead atoms. The first-order valence-electron chi connectivity index (χ1n) is 8.53. The van der Waals surface area contributed by atoms with Gasteiger partial charge in [-0.05, 0) is 31.9 Å². The van der Waals surface area contributed by atoms with E-state index in [0.717, 1.165) is 31.6 Å². The summed E-state index contributed by atoms with van der Waals surface area (Å²) in [5.74, 6) is 1.14. The van der Waals surface area contributed by atoms with Gasteiger partial charge in [-0.1, -0.05) is 18.2 Å². The molecule has 1 saturated heterocycles. The topological polar surface area (TPSA) is 93.4 Å². The zero-order valence-electron chi connectivity index (χ0n) is 14.3. The standard InChI is InChI=1S/C18H23N5O2/c1-2-25-18(24)13-8-10-23(11-9-13)17-15(19)16(20-12-21-17)22-14-6-4-3-5-7-14/h3-7,12-13H,2,8-11,19H2,1H3,(H,20,21,22). The first-order chi connectivity index (χ1) is 12.2. The highest BCUT2D eigenvalue weighted by Gasteiger charge is 2.27. The predicted octanol–water partition coefficient (Wildman–Crippen LogP) is 2.58. The maximum absolute atomic E-state index is 11.9. The largest absolute Gasteiger partial charge is 0.466 e. The van der Waals surface area contributed by atoms with E-state index in [-0.39, 0.29) is 11.9 Å². The van der Waals surface area contributed by atoms with Gasteiger partial charge in [0, 0.05) is 18.8 Å². The maximum Gasteiger partial charge on any atom is 0.309 e. The molecule has 3 N–H and O–H groups in total. The van der Waals surface area contributed by atoms with Crippen molar-refractivity contribution >= 4 is 29.0 Å². The second-order valence-electron chi connectivity index (χ2n) is 5.96. The van der Waals surface area contributed by atoms with Gasteiger partial charge in [0.1, 0.15) is 12.0 Å². The minimum absolute atomic E-state index is 0.0406. The van der Waals surface area contributed by atoms with Crippen molar-refractivity contribution in [2.24, 2.45) is 5.92 Å². The molecule has 0 saturated carbocycles. The van der Waals surface area contributed by atoms with Gasteiger partial charge in [-0.2, -0.15) is 0 Å². The number of hydrogen-bond acceptors (Lipinski definition) is 7. The maximum atomic E-state index is 11.9. The summed E-state index contributed by atoms with van der Waals surface area (Å²) < 4.78 is 5.11. The highest BCUT2D eigenvalue weighted by Crippen LogP contribution is 2.31. The molecule has 1 aromatic carbocycles. The lowest BCUT2D eigenvalue weighted by atomic mass is 9.97. The van der Waals surface area contributed by atoms with Gasteiger partial charge < -0.3 is 20.7 Å². The van der Waals surface area contributed by atoms with Crippen LogP contribution in [-0.4, -0.2) is 35.6 Å². The zero-order valence-corrected chi connectivity index (χ0v) is 14.3. The number of para-hydroxylation sites is 1. The average molecular weight is 341 g/mol. The van der Waals surface area contributed by atoms with Gasteiger partial charge in [0.25, 0.3) is 0 Å². The molecule has 0 unspecified atom stereocenters. The van der Waals surface area contributed by atoms with Crippen LogP contribution in [0.25, 0.3) is 0 Å². The summed E-state index contributed by atoms with van der Waals surface area (Å²) in [7, 11) is 0. The minimum atomic E-state index is -0.107. The minimum Gasteiger partial charge on any atom is -0.466 e. The quantitative estimate of drug-likeness (QED) is 0.807. The van der Waals surface area contributed by atoms with Crippen molar-refractivity contribution in [3.05, 3.63) is 36.7 Å². The van der Waals surface area contributed by atoms with Crippen LogP contribution >= 0.6 is 0 Å². The lowest BCUT2D eigenvalue weighted by molar-refractivity contribution is -0.148. The molecule has 7 heteroatoms. The Morgan fingerprint density at radius 3 is 2.68 bits per heavy atom. The summed E-state index contributed by atoms with van der Waals surface area (Å²) >= 11 is 0. The Hall–Kier alpha value is -2.83. The second-order valence-corrected chi connectivity index (χ2v) is 5.96. The Bertz CT molecular complexity index is 715. The van der Waals surface area contributed by atoms with Crippen LogP contribution in [0.2, 0.25) is 0 Å². The van der Waals surface area contributed by atoms with Crippen LogP contribution < -0.4 is 16.0 Å². The molecule has 7 nitrogen and oxygen atoms in total. The summed E-state index contributed by atoms with van der Waals surface area (Å²) in [6, 6.07) is 9.74. The molecule has 132 valence electrons. The van der Waals surface area contributed by atoms with Crippen LogP contribution in [0.5, 0.6) is 0 Å². The first-order valence-corrected chi connectivity index (χ1v) is 8.53. The van der Waals surface area contributed by atoms with E-state index >= 15 is 0 Å². The number of rotatable bonds is 5. The van der Waals surface area contributed by atoms with Crippen LogP contribution in [0.15, 0.2) is 36.7 Å². The van der Waals surface area contributed by atoms with Gasteiger partial charge in [-0.25, -0.2) is 9.97 Å². The third-order valence-corrected chi connectivity index (χ3v) is 4.31. The molecule has 3 rings (SSSR count). The number of nitrogens with two attached hydrogens (primary N) is 1. The summed E-state index contributed by atoms with van der Waals surface area (Å²) in [6.07, 6.45) is 2.99. The van der Waals surface area contributed by atoms with Crippen LogP contribution in [0, 0.1) is 5.92 Å². The van der Waals surface area contributed by atoms with E-state index in [1.165, 1.54) is 6.33 Å². The Morgan fingerprint density at radius 2 is 2.00 bits per heavy atom. The van der Waals surface area contributed by atoms with E-state index in [1.807, 2.05) is 37.3 Å². The fourth-order valence-electron chi connectivity index (χ4n) is 2.98. The number of hydrogen-bond donors (Lipinski definition) is 2. The Morgan fingerprint density at radius 1 is 1.28 bits per heavy atom. The molecule has 0 atom stereocenters. The number of nitrogens with one attached hydrogen (secondary N) is 1. The fraction of sp³-hybridized carbons (Fsp3) is 0.389. The number of ether oxygens (including phenoxy) is 1. The van der Waals surface area contributed by atoms with Gasteiger partial charge in [0.15, 0.2) is 11.6 Å². The normalized spacial score (nSPS) is 15.0. The molecular formula is C18H23N5O2. The Balaban J connectivity index is 1.69. The number of nitrogen functional groups attached to an aromatic ring is 1. The average Bonchev–Trinajstić information content (AvgIpc) is 2.65. The second kappa shape index (κ2) is 7.83. The number of aromatic nitrogens is 2. The van der Waals surface area contributed by atoms with Crippen LogP contribution in [0.3, 0.4) is 0 Å². The molecule has 0 amide bonds. The molecule has 1 fully saturated rings. The molecule has 0 spiro atoms. The number of benzene rings is 1. The molecule has 2 heterocycles. The van der Waals surface area contributed by atoms with E-state index in [2.05, 4.69) is 20.2 Å². The van der Waals surface area contributed by atoms with Crippen molar-refractivity contribution in [2.75, 3.05) is 35.6 Å². The number of piperidine rings is 1. The molecular weight excluding hydrogens is 318 g/mol. The van der Waals surface area contributed by atoms with Gasteiger partial charge in [-0.15, -0.1) is 0 Å². The van der Waals surface area contributed by atoms with Crippen molar-refractivity contribution in [3.8, 4) is 0 Å². The van der Waals surface area contributed by atoms with E-state index in [9.17, 15) is 4.79 Å². The third-order valence-electron chi connectivity index (χ3n) is 4.31. The van der Waals surface area contributed by atoms with Crippen molar-refractivity contribution in [3.63, 3.8) is 0 Å². The Kier molecular flexibility index (Phi) is 5.33. The monoisotopic (exact) mass is 341 g/mol. The van der Waals surface area contributed by atoms with Crippen molar-refractivity contribution in [2.45, 2.75) is 19.8 Å². The van der Waals surface area contributed by atoms with Crippen molar-refractivity contribution < 1.29 is 9.53 Å². The van der Waals surface area contributed by atoms with Gasteiger partial charge in [-0.3, -0.25) is 4.79 Å². The molecule has 1 aliphatic heterocycles.